The van der Waals surface area contributed by atoms with Crippen LogP contribution < -0.4 is 11.1 Å². The first-order valence-corrected chi connectivity index (χ1v) is 9.49. The van der Waals surface area contributed by atoms with Crippen LogP contribution in [0.4, 0.5) is 5.00 Å². The number of hydrogen-bond acceptors (Lipinski definition) is 4. The van der Waals surface area contributed by atoms with Gasteiger partial charge in [0.1, 0.15) is 10.6 Å². The summed E-state index contributed by atoms with van der Waals surface area (Å²) in [5.41, 5.74) is 8.59. The van der Waals surface area contributed by atoms with Gasteiger partial charge in [-0.05, 0) is 42.9 Å². The lowest BCUT2D eigenvalue weighted by Crippen LogP contribution is -2.20. The van der Waals surface area contributed by atoms with Gasteiger partial charge in [-0.2, -0.15) is 0 Å². The normalized spacial score (nSPS) is 16.4. The van der Waals surface area contributed by atoms with Crippen molar-refractivity contribution in [3.63, 3.8) is 0 Å². The molecule has 2 amide bonds. The summed E-state index contributed by atoms with van der Waals surface area (Å²) in [6.45, 7) is 2.20. The molecule has 0 saturated heterocycles. The van der Waals surface area contributed by atoms with Crippen LogP contribution in [0, 0.1) is 5.92 Å². The molecule has 1 aliphatic carbocycles. The van der Waals surface area contributed by atoms with E-state index in [4.69, 9.17) is 5.73 Å². The molecule has 0 fully saturated rings. The summed E-state index contributed by atoms with van der Waals surface area (Å²) in [5.74, 6) is -0.0777. The van der Waals surface area contributed by atoms with Gasteiger partial charge in [0, 0.05) is 17.3 Å². The number of primary amides is 1. The van der Waals surface area contributed by atoms with Gasteiger partial charge in [-0.1, -0.05) is 13.0 Å². The zero-order chi connectivity index (χ0) is 18.3. The van der Waals surface area contributed by atoms with Crippen molar-refractivity contribution in [2.45, 2.75) is 32.6 Å². The second-order valence-electron chi connectivity index (χ2n) is 6.84. The molecule has 3 aromatic rings. The third kappa shape index (κ3) is 3.10. The quantitative estimate of drug-likeness (QED) is 0.742. The Kier molecular flexibility index (Phi) is 4.24. The van der Waals surface area contributed by atoms with Gasteiger partial charge in [-0.25, -0.2) is 4.98 Å². The molecule has 0 saturated carbocycles. The second-order valence-corrected chi connectivity index (χ2v) is 7.95. The number of hydrogen-bond donors (Lipinski definition) is 2. The Morgan fingerprint density at radius 2 is 2.27 bits per heavy atom. The topological polar surface area (TPSA) is 89.5 Å². The number of nitrogens with one attached hydrogen (secondary N) is 1. The Bertz CT molecular complexity index is 971. The molecule has 0 bridgehead atoms. The number of anilines is 1. The second kappa shape index (κ2) is 6.57. The van der Waals surface area contributed by atoms with Gasteiger partial charge in [-0.15, -0.1) is 11.3 Å². The maximum atomic E-state index is 12.5. The maximum Gasteiger partial charge on any atom is 0.251 e. The Morgan fingerprint density at radius 1 is 1.42 bits per heavy atom. The van der Waals surface area contributed by atoms with Crippen LogP contribution in [-0.4, -0.2) is 21.2 Å². The van der Waals surface area contributed by atoms with E-state index in [1.807, 2.05) is 35.0 Å². The van der Waals surface area contributed by atoms with E-state index in [9.17, 15) is 9.59 Å². The minimum Gasteiger partial charge on any atom is -0.365 e. The van der Waals surface area contributed by atoms with Crippen molar-refractivity contribution in [1.82, 2.24) is 9.38 Å². The SMILES string of the molecule is CC1CCc2c(sc(NC(=O)Cc3cn4ccccc4n3)c2C(N)=O)C1. The molecule has 1 aliphatic rings. The van der Waals surface area contributed by atoms with Crippen molar-refractivity contribution in [1.29, 1.82) is 0 Å². The molecule has 0 aliphatic heterocycles. The first-order valence-electron chi connectivity index (χ1n) is 8.68. The maximum absolute atomic E-state index is 12.5. The van der Waals surface area contributed by atoms with Gasteiger partial charge in [0.25, 0.3) is 5.91 Å². The number of carbonyl (C=O) groups is 2. The highest BCUT2D eigenvalue weighted by Crippen LogP contribution is 2.39. The predicted molar refractivity (Wildman–Crippen MR) is 102 cm³/mol. The van der Waals surface area contributed by atoms with Crippen LogP contribution in [0.2, 0.25) is 0 Å². The van der Waals surface area contributed by atoms with E-state index in [0.29, 0.717) is 22.2 Å². The van der Waals surface area contributed by atoms with E-state index in [2.05, 4.69) is 17.2 Å². The van der Waals surface area contributed by atoms with Crippen LogP contribution in [0.5, 0.6) is 0 Å². The molecule has 3 N–H and O–H groups in total. The summed E-state index contributed by atoms with van der Waals surface area (Å²) in [6.07, 6.45) is 6.70. The Morgan fingerprint density at radius 3 is 3.04 bits per heavy atom. The molecular weight excluding hydrogens is 348 g/mol. The molecule has 134 valence electrons. The highest BCUT2D eigenvalue weighted by Gasteiger charge is 2.27. The fourth-order valence-corrected chi connectivity index (χ4v) is 4.94. The number of nitrogens with two attached hydrogens (primary N) is 1. The molecule has 0 spiro atoms. The number of pyridine rings is 1. The molecule has 1 atom stereocenters. The average Bonchev–Trinajstić information content (AvgIpc) is 3.13. The van der Waals surface area contributed by atoms with Gasteiger partial charge < -0.3 is 15.5 Å². The summed E-state index contributed by atoms with van der Waals surface area (Å²) in [7, 11) is 0. The first kappa shape index (κ1) is 16.8. The molecule has 0 radical (unpaired) electrons. The van der Waals surface area contributed by atoms with Crippen molar-refractivity contribution in [3.05, 3.63) is 52.3 Å². The summed E-state index contributed by atoms with van der Waals surface area (Å²) in [5, 5.41) is 3.46. The number of amides is 2. The van der Waals surface area contributed by atoms with Crippen LogP contribution in [-0.2, 0) is 24.1 Å². The zero-order valence-electron chi connectivity index (χ0n) is 14.5. The monoisotopic (exact) mass is 368 g/mol. The summed E-state index contributed by atoms with van der Waals surface area (Å²) in [6, 6.07) is 5.71. The van der Waals surface area contributed by atoms with Gasteiger partial charge in [0.2, 0.25) is 5.91 Å². The van der Waals surface area contributed by atoms with Crippen LogP contribution >= 0.6 is 11.3 Å². The number of fused-ring (bicyclic) bond motifs is 2. The van der Waals surface area contributed by atoms with E-state index >= 15 is 0 Å². The van der Waals surface area contributed by atoms with Gasteiger partial charge in [0.05, 0.1) is 17.7 Å². The highest BCUT2D eigenvalue weighted by molar-refractivity contribution is 7.17. The fourth-order valence-electron chi connectivity index (χ4n) is 3.51. The van der Waals surface area contributed by atoms with E-state index in [1.54, 1.807) is 0 Å². The number of imidazole rings is 1. The third-order valence-electron chi connectivity index (χ3n) is 4.77. The number of thiophene rings is 1. The number of aromatic nitrogens is 2. The van der Waals surface area contributed by atoms with E-state index < -0.39 is 5.91 Å². The average molecular weight is 368 g/mol. The molecule has 6 nitrogen and oxygen atoms in total. The van der Waals surface area contributed by atoms with Crippen molar-refractivity contribution >= 4 is 33.8 Å². The number of carbonyl (C=O) groups excluding carboxylic acids is 2. The lowest BCUT2D eigenvalue weighted by molar-refractivity contribution is -0.115. The van der Waals surface area contributed by atoms with Gasteiger partial charge >= 0.3 is 0 Å². The Balaban J connectivity index is 1.56. The van der Waals surface area contributed by atoms with Crippen molar-refractivity contribution < 1.29 is 9.59 Å². The smallest absolute Gasteiger partial charge is 0.251 e. The summed E-state index contributed by atoms with van der Waals surface area (Å²) >= 11 is 1.48. The minimum atomic E-state index is -0.472. The molecule has 4 rings (SSSR count). The molecule has 3 heterocycles. The van der Waals surface area contributed by atoms with E-state index in [0.717, 1.165) is 30.5 Å². The summed E-state index contributed by atoms with van der Waals surface area (Å²) < 4.78 is 1.88. The Hall–Kier alpha value is -2.67. The molecular formula is C19H20N4O2S. The highest BCUT2D eigenvalue weighted by atomic mass is 32.1. The molecule has 7 heteroatoms. The van der Waals surface area contributed by atoms with Crippen molar-refractivity contribution in [3.8, 4) is 0 Å². The van der Waals surface area contributed by atoms with Crippen LogP contribution in [0.25, 0.3) is 5.65 Å². The van der Waals surface area contributed by atoms with Crippen molar-refractivity contribution in [2.24, 2.45) is 11.7 Å². The third-order valence-corrected chi connectivity index (χ3v) is 5.94. The Labute approximate surface area is 155 Å². The first-order chi connectivity index (χ1) is 12.5. The van der Waals surface area contributed by atoms with Gasteiger partial charge in [-0.3, -0.25) is 9.59 Å². The minimum absolute atomic E-state index is 0.152. The molecule has 26 heavy (non-hydrogen) atoms. The van der Waals surface area contributed by atoms with Crippen LogP contribution in [0.3, 0.4) is 0 Å². The largest absolute Gasteiger partial charge is 0.365 e. The summed E-state index contributed by atoms with van der Waals surface area (Å²) in [4.78, 5) is 30.1. The lowest BCUT2D eigenvalue weighted by atomic mass is 9.88. The zero-order valence-corrected chi connectivity index (χ0v) is 15.3. The van der Waals surface area contributed by atoms with Crippen LogP contribution in [0.1, 0.15) is 39.8 Å². The molecule has 0 aromatic carbocycles. The molecule has 3 aromatic heterocycles. The predicted octanol–water partition coefficient (Wildman–Crippen LogP) is 2.80. The van der Waals surface area contributed by atoms with E-state index in [-0.39, 0.29) is 12.3 Å². The standard InChI is InChI=1S/C19H20N4O2S/c1-11-5-6-13-14(8-11)26-19(17(13)18(20)25)22-16(24)9-12-10-23-7-3-2-4-15(23)21-12/h2-4,7,10-11H,5-6,8-9H2,1H3,(H2,20,25)(H,22,24). The fraction of sp³-hybridized carbons (Fsp3) is 0.316. The van der Waals surface area contributed by atoms with Crippen LogP contribution in [0.15, 0.2) is 30.6 Å². The van der Waals surface area contributed by atoms with Crippen molar-refractivity contribution in [2.75, 3.05) is 5.32 Å². The van der Waals surface area contributed by atoms with Gasteiger partial charge in [0.15, 0.2) is 0 Å². The lowest BCUT2D eigenvalue weighted by Gasteiger charge is -2.18. The number of nitrogens with zero attached hydrogens (tertiary/aromatic N) is 2. The van der Waals surface area contributed by atoms with E-state index in [1.165, 1.54) is 16.2 Å². The number of rotatable bonds is 4. The molecule has 1 unspecified atom stereocenters.